The van der Waals surface area contributed by atoms with E-state index in [1.165, 1.54) is 18.4 Å². The molecule has 114 valence electrons. The van der Waals surface area contributed by atoms with Gasteiger partial charge in [-0.2, -0.15) is 0 Å². The minimum Gasteiger partial charge on any atom is -0.318 e. The average molecular weight is 286 g/mol. The van der Waals surface area contributed by atoms with Gasteiger partial charge in [0.15, 0.2) is 0 Å². The van der Waals surface area contributed by atoms with E-state index in [0.717, 1.165) is 19.3 Å². The minimum atomic E-state index is 0.00765. The van der Waals surface area contributed by atoms with Gasteiger partial charge in [-0.15, -0.1) is 0 Å². The number of rotatable bonds is 6. The molecule has 3 heteroatoms. The third-order valence-electron chi connectivity index (χ3n) is 4.92. The van der Waals surface area contributed by atoms with Gasteiger partial charge in [-0.05, 0) is 24.3 Å². The van der Waals surface area contributed by atoms with Crippen LogP contribution in [-0.2, 0) is 4.79 Å². The Bertz CT molecular complexity index is 487. The van der Waals surface area contributed by atoms with Crippen molar-refractivity contribution in [2.75, 3.05) is 0 Å². The van der Waals surface area contributed by atoms with Crippen LogP contribution in [0.25, 0.3) is 0 Å². The van der Waals surface area contributed by atoms with E-state index in [4.69, 9.17) is 0 Å². The van der Waals surface area contributed by atoms with Crippen LogP contribution in [0.2, 0.25) is 0 Å². The number of carbonyl (C=O) groups excluding carboxylic acids is 1. The molecule has 3 nitrogen and oxygen atoms in total. The van der Waals surface area contributed by atoms with Crippen molar-refractivity contribution in [2.24, 2.45) is 5.92 Å². The Balaban J connectivity index is 1.80. The highest BCUT2D eigenvalue weighted by molar-refractivity contribution is 5.85. The second-order valence-electron chi connectivity index (χ2n) is 6.39. The molecule has 1 aliphatic heterocycles. The van der Waals surface area contributed by atoms with Gasteiger partial charge in [-0.25, -0.2) is 0 Å². The van der Waals surface area contributed by atoms with E-state index in [1.54, 1.807) is 0 Å². The molecule has 1 N–H and O–H groups in total. The summed E-state index contributed by atoms with van der Waals surface area (Å²) in [6.45, 7) is 4.41. The average Bonchev–Trinajstić information content (AvgIpc) is 3.23. The zero-order valence-electron chi connectivity index (χ0n) is 13.1. The fourth-order valence-electron chi connectivity index (χ4n) is 3.52. The van der Waals surface area contributed by atoms with Gasteiger partial charge in [0.25, 0.3) is 0 Å². The molecule has 2 aliphatic rings. The van der Waals surface area contributed by atoms with Crippen LogP contribution in [0.15, 0.2) is 30.3 Å². The smallest absolute Gasteiger partial charge is 0.241 e. The maximum atomic E-state index is 12.8. The van der Waals surface area contributed by atoms with Crippen molar-refractivity contribution in [3.05, 3.63) is 35.9 Å². The molecule has 0 radical (unpaired) electrons. The lowest BCUT2D eigenvalue weighted by atomic mass is 10.1. The van der Waals surface area contributed by atoms with Crippen molar-refractivity contribution in [2.45, 2.75) is 64.2 Å². The molecular formula is C18H26N2O. The van der Waals surface area contributed by atoms with Gasteiger partial charge in [0.1, 0.15) is 6.17 Å². The van der Waals surface area contributed by atoms with Crippen LogP contribution in [0.4, 0.5) is 0 Å². The first-order valence-electron chi connectivity index (χ1n) is 8.39. The van der Waals surface area contributed by atoms with Gasteiger partial charge in [-0.3, -0.25) is 10.1 Å². The molecule has 1 aromatic rings. The highest BCUT2D eigenvalue weighted by Crippen LogP contribution is 2.44. The molecule has 1 saturated carbocycles. The van der Waals surface area contributed by atoms with Gasteiger partial charge in [-0.1, -0.05) is 63.4 Å². The van der Waals surface area contributed by atoms with Gasteiger partial charge in [0, 0.05) is 6.04 Å². The Kier molecular flexibility index (Phi) is 4.29. The Labute approximate surface area is 127 Å². The summed E-state index contributed by atoms with van der Waals surface area (Å²) in [6, 6.07) is 10.9. The molecule has 0 aromatic heterocycles. The number of amides is 1. The van der Waals surface area contributed by atoms with Crippen molar-refractivity contribution in [1.82, 2.24) is 10.2 Å². The molecule has 4 atom stereocenters. The van der Waals surface area contributed by atoms with Crippen LogP contribution >= 0.6 is 0 Å². The number of benzene rings is 1. The molecule has 1 aromatic carbocycles. The van der Waals surface area contributed by atoms with Gasteiger partial charge < -0.3 is 4.90 Å². The number of unbranched alkanes of at least 4 members (excludes halogenated alkanes) is 1. The molecule has 1 aliphatic carbocycles. The van der Waals surface area contributed by atoms with Gasteiger partial charge in [0.05, 0.1) is 6.04 Å². The SMILES string of the molecule is CCCCC1NC(c2ccccc2)N(C2CC2CC)C1=O. The van der Waals surface area contributed by atoms with Crippen LogP contribution in [0.3, 0.4) is 0 Å². The third-order valence-corrected chi connectivity index (χ3v) is 4.92. The molecule has 1 saturated heterocycles. The molecule has 1 amide bonds. The molecule has 2 fully saturated rings. The van der Waals surface area contributed by atoms with E-state index in [9.17, 15) is 4.79 Å². The maximum Gasteiger partial charge on any atom is 0.241 e. The Morgan fingerprint density at radius 2 is 2.00 bits per heavy atom. The molecule has 3 rings (SSSR count). The van der Waals surface area contributed by atoms with E-state index in [2.05, 4.69) is 48.3 Å². The predicted molar refractivity (Wildman–Crippen MR) is 84.7 cm³/mol. The highest BCUT2D eigenvalue weighted by Gasteiger charge is 2.50. The summed E-state index contributed by atoms with van der Waals surface area (Å²) in [4.78, 5) is 14.9. The van der Waals surface area contributed by atoms with Crippen molar-refractivity contribution < 1.29 is 4.79 Å². The second kappa shape index (κ2) is 6.18. The highest BCUT2D eigenvalue weighted by atomic mass is 16.2. The van der Waals surface area contributed by atoms with Gasteiger partial charge in [0.2, 0.25) is 5.91 Å². The standard InChI is InChI=1S/C18H26N2O/c1-3-5-11-15-18(21)20(16-12-13(16)4-2)17(19-15)14-9-7-6-8-10-14/h6-10,13,15-17,19H,3-5,11-12H2,1-2H3. The van der Waals surface area contributed by atoms with Crippen LogP contribution in [-0.4, -0.2) is 22.9 Å². The first-order valence-corrected chi connectivity index (χ1v) is 8.39. The summed E-state index contributed by atoms with van der Waals surface area (Å²) in [6.07, 6.45) is 5.63. The van der Waals surface area contributed by atoms with E-state index in [1.807, 2.05) is 6.07 Å². The summed E-state index contributed by atoms with van der Waals surface area (Å²) in [7, 11) is 0. The number of hydrogen-bond donors (Lipinski definition) is 1. The van der Waals surface area contributed by atoms with E-state index >= 15 is 0 Å². The quantitative estimate of drug-likeness (QED) is 0.868. The number of nitrogens with one attached hydrogen (secondary N) is 1. The Morgan fingerprint density at radius 1 is 1.24 bits per heavy atom. The predicted octanol–water partition coefficient (Wildman–Crippen LogP) is 3.47. The molecule has 0 bridgehead atoms. The third kappa shape index (κ3) is 2.84. The maximum absolute atomic E-state index is 12.8. The molecular weight excluding hydrogens is 260 g/mol. The number of nitrogens with zero attached hydrogens (tertiary/aromatic N) is 1. The van der Waals surface area contributed by atoms with Crippen LogP contribution in [0.5, 0.6) is 0 Å². The van der Waals surface area contributed by atoms with Crippen molar-refractivity contribution in [3.63, 3.8) is 0 Å². The van der Waals surface area contributed by atoms with Gasteiger partial charge >= 0.3 is 0 Å². The molecule has 4 unspecified atom stereocenters. The Morgan fingerprint density at radius 3 is 2.62 bits per heavy atom. The minimum absolute atomic E-state index is 0.00765. The zero-order valence-corrected chi connectivity index (χ0v) is 13.1. The van der Waals surface area contributed by atoms with E-state index < -0.39 is 0 Å². The summed E-state index contributed by atoms with van der Waals surface area (Å²) in [5, 5.41) is 3.58. The number of carbonyl (C=O) groups is 1. The molecule has 1 heterocycles. The Hall–Kier alpha value is -1.35. The molecule has 21 heavy (non-hydrogen) atoms. The normalized spacial score (nSPS) is 31.7. The fraction of sp³-hybridized carbons (Fsp3) is 0.611. The summed E-state index contributed by atoms with van der Waals surface area (Å²) < 4.78 is 0. The van der Waals surface area contributed by atoms with Crippen molar-refractivity contribution in [3.8, 4) is 0 Å². The van der Waals surface area contributed by atoms with E-state index in [-0.39, 0.29) is 12.2 Å². The lowest BCUT2D eigenvalue weighted by Gasteiger charge is -2.25. The van der Waals surface area contributed by atoms with Crippen LogP contribution in [0, 0.1) is 5.92 Å². The monoisotopic (exact) mass is 286 g/mol. The van der Waals surface area contributed by atoms with Crippen molar-refractivity contribution in [1.29, 1.82) is 0 Å². The largest absolute Gasteiger partial charge is 0.318 e. The fourth-order valence-corrected chi connectivity index (χ4v) is 3.52. The lowest BCUT2D eigenvalue weighted by Crippen LogP contribution is -2.34. The molecule has 0 spiro atoms. The zero-order chi connectivity index (χ0) is 14.8. The summed E-state index contributed by atoms with van der Waals surface area (Å²) in [5.74, 6) is 1.02. The van der Waals surface area contributed by atoms with Crippen molar-refractivity contribution >= 4 is 5.91 Å². The summed E-state index contributed by atoms with van der Waals surface area (Å²) in [5.41, 5.74) is 1.21. The van der Waals surface area contributed by atoms with E-state index in [0.29, 0.717) is 17.9 Å². The topological polar surface area (TPSA) is 32.3 Å². The van der Waals surface area contributed by atoms with Crippen LogP contribution in [0.1, 0.15) is 57.7 Å². The summed E-state index contributed by atoms with van der Waals surface area (Å²) >= 11 is 0. The number of hydrogen-bond acceptors (Lipinski definition) is 2. The second-order valence-corrected chi connectivity index (χ2v) is 6.39. The first-order chi connectivity index (χ1) is 10.3. The first kappa shape index (κ1) is 14.6. The van der Waals surface area contributed by atoms with Crippen LogP contribution < -0.4 is 5.32 Å². The lowest BCUT2D eigenvalue weighted by molar-refractivity contribution is -0.131.